The summed E-state index contributed by atoms with van der Waals surface area (Å²) in [7, 11) is 0. The molecular formula is C18H29FIN3O. The summed E-state index contributed by atoms with van der Waals surface area (Å²) >= 11 is 0. The normalized spacial score (nSPS) is 22.0. The van der Waals surface area contributed by atoms with Crippen molar-refractivity contribution < 1.29 is 9.13 Å². The van der Waals surface area contributed by atoms with Gasteiger partial charge in [0.1, 0.15) is 5.82 Å². The van der Waals surface area contributed by atoms with E-state index >= 15 is 0 Å². The first-order valence-corrected chi connectivity index (χ1v) is 8.32. The van der Waals surface area contributed by atoms with Crippen molar-refractivity contribution in [2.24, 2.45) is 10.4 Å². The maximum Gasteiger partial charge on any atom is 0.191 e. The van der Waals surface area contributed by atoms with Gasteiger partial charge in [0.15, 0.2) is 5.96 Å². The lowest BCUT2D eigenvalue weighted by atomic mass is 9.90. The molecule has 2 unspecified atom stereocenters. The van der Waals surface area contributed by atoms with Crippen molar-refractivity contribution in [2.45, 2.75) is 40.2 Å². The van der Waals surface area contributed by atoms with E-state index in [2.05, 4.69) is 17.6 Å². The van der Waals surface area contributed by atoms with E-state index in [-0.39, 0.29) is 41.3 Å². The van der Waals surface area contributed by atoms with Crippen molar-refractivity contribution in [3.63, 3.8) is 0 Å². The van der Waals surface area contributed by atoms with Crippen molar-refractivity contribution in [3.8, 4) is 0 Å². The average Bonchev–Trinajstić information content (AvgIpc) is 2.95. The number of aryl methyl sites for hydroxylation is 1. The average molecular weight is 449 g/mol. The smallest absolute Gasteiger partial charge is 0.191 e. The van der Waals surface area contributed by atoms with Gasteiger partial charge in [-0.15, -0.1) is 24.0 Å². The topological polar surface area (TPSA) is 45.7 Å². The molecule has 24 heavy (non-hydrogen) atoms. The molecule has 0 bridgehead atoms. The van der Waals surface area contributed by atoms with Gasteiger partial charge in [0, 0.05) is 18.6 Å². The second kappa shape index (κ2) is 9.56. The summed E-state index contributed by atoms with van der Waals surface area (Å²) in [4.78, 5) is 4.69. The van der Waals surface area contributed by atoms with Crippen LogP contribution in [-0.2, 0) is 4.74 Å². The van der Waals surface area contributed by atoms with E-state index in [1.165, 1.54) is 0 Å². The van der Waals surface area contributed by atoms with Crippen LogP contribution in [0.1, 0.15) is 44.4 Å². The molecule has 1 fully saturated rings. The summed E-state index contributed by atoms with van der Waals surface area (Å²) in [5.74, 6) is 0.586. The second-order valence-corrected chi connectivity index (χ2v) is 6.68. The van der Waals surface area contributed by atoms with Gasteiger partial charge in [-0.3, -0.25) is 4.99 Å². The van der Waals surface area contributed by atoms with Crippen LogP contribution in [0, 0.1) is 18.2 Å². The molecule has 2 N–H and O–H groups in total. The van der Waals surface area contributed by atoms with Gasteiger partial charge in [-0.25, -0.2) is 4.39 Å². The molecular weight excluding hydrogens is 420 g/mol. The SMILES string of the molecule is CCNC(=NCC1(C)CCOC1)NC(C)c1ccc(C)c(F)c1.I. The summed E-state index contributed by atoms with van der Waals surface area (Å²) in [5.41, 5.74) is 1.69. The Hall–Kier alpha value is -0.890. The Labute approximate surface area is 161 Å². The van der Waals surface area contributed by atoms with Crippen molar-refractivity contribution in [2.75, 3.05) is 26.3 Å². The lowest BCUT2D eigenvalue weighted by molar-refractivity contribution is 0.163. The molecule has 2 rings (SSSR count). The Morgan fingerprint density at radius 2 is 2.21 bits per heavy atom. The molecule has 1 heterocycles. The Kier molecular flexibility index (Phi) is 8.42. The number of rotatable bonds is 5. The molecule has 0 saturated carbocycles. The van der Waals surface area contributed by atoms with E-state index < -0.39 is 0 Å². The lowest BCUT2D eigenvalue weighted by Crippen LogP contribution is -2.39. The van der Waals surface area contributed by atoms with Crippen LogP contribution in [0.3, 0.4) is 0 Å². The zero-order valence-corrected chi connectivity index (χ0v) is 17.3. The van der Waals surface area contributed by atoms with Crippen LogP contribution >= 0.6 is 24.0 Å². The number of guanidine groups is 1. The second-order valence-electron chi connectivity index (χ2n) is 6.68. The fourth-order valence-corrected chi connectivity index (χ4v) is 2.59. The minimum absolute atomic E-state index is 0. The van der Waals surface area contributed by atoms with Gasteiger partial charge >= 0.3 is 0 Å². The molecule has 0 radical (unpaired) electrons. The maximum absolute atomic E-state index is 13.7. The van der Waals surface area contributed by atoms with Crippen LogP contribution in [0.2, 0.25) is 0 Å². The molecule has 0 spiro atoms. The van der Waals surface area contributed by atoms with E-state index in [1.807, 2.05) is 26.0 Å². The third kappa shape index (κ3) is 5.88. The largest absolute Gasteiger partial charge is 0.381 e. The lowest BCUT2D eigenvalue weighted by Gasteiger charge is -2.22. The summed E-state index contributed by atoms with van der Waals surface area (Å²) in [6.07, 6.45) is 1.04. The summed E-state index contributed by atoms with van der Waals surface area (Å²) in [5, 5.41) is 6.61. The van der Waals surface area contributed by atoms with Gasteiger partial charge in [-0.05, 0) is 44.4 Å². The van der Waals surface area contributed by atoms with Gasteiger partial charge in [-0.2, -0.15) is 0 Å². The predicted octanol–water partition coefficient (Wildman–Crippen LogP) is 3.79. The number of hydrogen-bond acceptors (Lipinski definition) is 2. The number of nitrogens with one attached hydrogen (secondary N) is 2. The number of ether oxygens (including phenoxy) is 1. The molecule has 1 aromatic carbocycles. The molecule has 6 heteroatoms. The van der Waals surface area contributed by atoms with Gasteiger partial charge in [-0.1, -0.05) is 19.1 Å². The number of nitrogens with zero attached hydrogens (tertiary/aromatic N) is 1. The highest BCUT2D eigenvalue weighted by Crippen LogP contribution is 2.27. The number of hydrogen-bond donors (Lipinski definition) is 2. The van der Waals surface area contributed by atoms with E-state index in [4.69, 9.17) is 9.73 Å². The molecule has 0 aromatic heterocycles. The fourth-order valence-electron chi connectivity index (χ4n) is 2.59. The molecule has 1 aromatic rings. The minimum atomic E-state index is -0.172. The molecule has 4 nitrogen and oxygen atoms in total. The van der Waals surface area contributed by atoms with Crippen LogP contribution < -0.4 is 10.6 Å². The fraction of sp³-hybridized carbons (Fsp3) is 0.611. The van der Waals surface area contributed by atoms with Gasteiger partial charge in [0.25, 0.3) is 0 Å². The van der Waals surface area contributed by atoms with Gasteiger partial charge in [0.05, 0.1) is 19.2 Å². The molecule has 0 amide bonds. The number of benzene rings is 1. The van der Waals surface area contributed by atoms with Crippen LogP contribution in [0.15, 0.2) is 23.2 Å². The highest BCUT2D eigenvalue weighted by molar-refractivity contribution is 14.0. The van der Waals surface area contributed by atoms with Crippen molar-refractivity contribution in [1.82, 2.24) is 10.6 Å². The van der Waals surface area contributed by atoms with E-state index in [9.17, 15) is 4.39 Å². The maximum atomic E-state index is 13.7. The Morgan fingerprint density at radius 3 is 2.79 bits per heavy atom. The summed E-state index contributed by atoms with van der Waals surface area (Å²) in [6.45, 7) is 11.1. The Bertz CT molecular complexity index is 559. The third-order valence-electron chi connectivity index (χ3n) is 4.31. The molecule has 136 valence electrons. The van der Waals surface area contributed by atoms with Crippen LogP contribution in [-0.4, -0.2) is 32.3 Å². The molecule has 1 aliphatic rings. The molecule has 0 aliphatic carbocycles. The highest BCUT2D eigenvalue weighted by Gasteiger charge is 2.29. The Morgan fingerprint density at radius 1 is 1.46 bits per heavy atom. The first kappa shape index (κ1) is 21.2. The van der Waals surface area contributed by atoms with Gasteiger partial charge < -0.3 is 15.4 Å². The monoisotopic (exact) mass is 449 g/mol. The van der Waals surface area contributed by atoms with Crippen molar-refractivity contribution >= 4 is 29.9 Å². The summed E-state index contributed by atoms with van der Waals surface area (Å²) in [6, 6.07) is 5.33. The Balaban J connectivity index is 0.00000288. The first-order valence-electron chi connectivity index (χ1n) is 8.32. The quantitative estimate of drug-likeness (QED) is 0.409. The predicted molar refractivity (Wildman–Crippen MR) is 108 cm³/mol. The van der Waals surface area contributed by atoms with E-state index in [1.54, 1.807) is 13.0 Å². The number of aliphatic imine (C=N–C) groups is 1. The molecule has 2 atom stereocenters. The van der Waals surface area contributed by atoms with Crippen molar-refractivity contribution in [1.29, 1.82) is 0 Å². The zero-order chi connectivity index (χ0) is 16.9. The minimum Gasteiger partial charge on any atom is -0.381 e. The molecule has 1 aliphatic heterocycles. The standard InChI is InChI=1S/C18H28FN3O.HI/c1-5-20-17(21-11-18(4)8-9-23-12-18)22-14(3)15-7-6-13(2)16(19)10-15;/h6-7,10,14H,5,8-9,11-12H2,1-4H3,(H2,20,21,22);1H. The van der Waals surface area contributed by atoms with Crippen LogP contribution in [0.5, 0.6) is 0 Å². The van der Waals surface area contributed by atoms with Crippen LogP contribution in [0.25, 0.3) is 0 Å². The zero-order valence-electron chi connectivity index (χ0n) is 15.0. The van der Waals surface area contributed by atoms with E-state index in [0.717, 1.165) is 44.2 Å². The van der Waals surface area contributed by atoms with Gasteiger partial charge in [0.2, 0.25) is 0 Å². The van der Waals surface area contributed by atoms with E-state index in [0.29, 0.717) is 5.56 Å². The number of halogens is 2. The summed E-state index contributed by atoms with van der Waals surface area (Å²) < 4.78 is 19.2. The van der Waals surface area contributed by atoms with Crippen LogP contribution in [0.4, 0.5) is 4.39 Å². The first-order chi connectivity index (χ1) is 10.9. The van der Waals surface area contributed by atoms with Crippen molar-refractivity contribution in [3.05, 3.63) is 35.1 Å². The molecule has 1 saturated heterocycles. The highest BCUT2D eigenvalue weighted by atomic mass is 127. The third-order valence-corrected chi connectivity index (χ3v) is 4.31.